The topological polar surface area (TPSA) is 44.4 Å². The summed E-state index contributed by atoms with van der Waals surface area (Å²) in [5, 5.41) is 6.07. The molecule has 2 rings (SSSR count). The second-order valence-electron chi connectivity index (χ2n) is 5.70. The standard InChI is InChI=1S/C16H25N3O/c1-19(2)15-12-8-7-11-14(15)18-16(20)17-13-9-5-3-4-6-10-13/h7-8,11-13H,3-6,9-10H2,1-2H3,(H2,17,18,20). The quantitative estimate of drug-likeness (QED) is 0.828. The number of carbonyl (C=O) groups is 1. The lowest BCUT2D eigenvalue weighted by Gasteiger charge is -2.20. The van der Waals surface area contributed by atoms with E-state index in [-0.39, 0.29) is 6.03 Å². The number of para-hydroxylation sites is 2. The summed E-state index contributed by atoms with van der Waals surface area (Å²) in [6.45, 7) is 0. The molecule has 0 atom stereocenters. The number of hydrogen-bond acceptors (Lipinski definition) is 2. The van der Waals surface area contributed by atoms with Crippen LogP contribution in [-0.2, 0) is 0 Å². The van der Waals surface area contributed by atoms with E-state index in [4.69, 9.17) is 0 Å². The van der Waals surface area contributed by atoms with Crippen molar-refractivity contribution in [1.29, 1.82) is 0 Å². The van der Waals surface area contributed by atoms with E-state index in [9.17, 15) is 4.79 Å². The summed E-state index contributed by atoms with van der Waals surface area (Å²) < 4.78 is 0. The summed E-state index contributed by atoms with van der Waals surface area (Å²) in [7, 11) is 3.95. The molecule has 0 aliphatic heterocycles. The van der Waals surface area contributed by atoms with Gasteiger partial charge >= 0.3 is 6.03 Å². The Morgan fingerprint density at radius 1 is 1.10 bits per heavy atom. The maximum atomic E-state index is 12.1. The van der Waals surface area contributed by atoms with Crippen molar-refractivity contribution >= 4 is 17.4 Å². The first-order chi connectivity index (χ1) is 9.66. The molecule has 4 nitrogen and oxygen atoms in total. The molecule has 1 fully saturated rings. The van der Waals surface area contributed by atoms with Crippen LogP contribution in [0, 0.1) is 0 Å². The van der Waals surface area contributed by atoms with Crippen LogP contribution >= 0.6 is 0 Å². The van der Waals surface area contributed by atoms with Crippen molar-refractivity contribution in [3.05, 3.63) is 24.3 Å². The number of amides is 2. The molecule has 0 heterocycles. The first-order valence-corrected chi connectivity index (χ1v) is 7.50. The number of rotatable bonds is 3. The van der Waals surface area contributed by atoms with Gasteiger partial charge in [-0.1, -0.05) is 37.8 Å². The number of urea groups is 1. The van der Waals surface area contributed by atoms with Crippen molar-refractivity contribution in [2.75, 3.05) is 24.3 Å². The van der Waals surface area contributed by atoms with Gasteiger partial charge in [0, 0.05) is 20.1 Å². The lowest BCUT2D eigenvalue weighted by molar-refractivity contribution is 0.247. The molecule has 0 radical (unpaired) electrons. The number of nitrogens with one attached hydrogen (secondary N) is 2. The second kappa shape index (κ2) is 7.17. The van der Waals surface area contributed by atoms with Crippen LogP contribution in [0.1, 0.15) is 38.5 Å². The van der Waals surface area contributed by atoms with E-state index in [1.54, 1.807) is 0 Å². The van der Waals surface area contributed by atoms with Crippen LogP contribution in [0.3, 0.4) is 0 Å². The minimum atomic E-state index is -0.0915. The van der Waals surface area contributed by atoms with Crippen LogP contribution in [0.15, 0.2) is 24.3 Å². The van der Waals surface area contributed by atoms with Gasteiger partial charge in [0.15, 0.2) is 0 Å². The SMILES string of the molecule is CN(C)c1ccccc1NC(=O)NC1CCCCCC1. The zero-order valence-electron chi connectivity index (χ0n) is 12.5. The predicted molar refractivity (Wildman–Crippen MR) is 84.4 cm³/mol. The fraction of sp³-hybridized carbons (Fsp3) is 0.562. The first kappa shape index (κ1) is 14.7. The lowest BCUT2D eigenvalue weighted by Crippen LogP contribution is -2.37. The highest BCUT2D eigenvalue weighted by atomic mass is 16.2. The van der Waals surface area contributed by atoms with Gasteiger partial charge in [-0.25, -0.2) is 4.79 Å². The maximum absolute atomic E-state index is 12.1. The first-order valence-electron chi connectivity index (χ1n) is 7.50. The molecule has 0 bridgehead atoms. The fourth-order valence-corrected chi connectivity index (χ4v) is 2.74. The van der Waals surface area contributed by atoms with Crippen LogP contribution < -0.4 is 15.5 Å². The third-order valence-electron chi connectivity index (χ3n) is 3.82. The fourth-order valence-electron chi connectivity index (χ4n) is 2.74. The predicted octanol–water partition coefficient (Wildman–Crippen LogP) is 3.60. The van der Waals surface area contributed by atoms with Gasteiger partial charge in [-0.05, 0) is 25.0 Å². The number of carbonyl (C=O) groups excluding carboxylic acids is 1. The van der Waals surface area contributed by atoms with E-state index < -0.39 is 0 Å². The Morgan fingerprint density at radius 3 is 2.40 bits per heavy atom. The van der Waals surface area contributed by atoms with Crippen molar-refractivity contribution in [2.45, 2.75) is 44.6 Å². The molecule has 1 aliphatic carbocycles. The molecule has 20 heavy (non-hydrogen) atoms. The van der Waals surface area contributed by atoms with Gasteiger partial charge < -0.3 is 15.5 Å². The molecule has 0 unspecified atom stereocenters. The van der Waals surface area contributed by atoms with Crippen LogP contribution in [0.4, 0.5) is 16.2 Å². The largest absolute Gasteiger partial charge is 0.376 e. The normalized spacial score (nSPS) is 16.3. The molecule has 1 aliphatic rings. The highest BCUT2D eigenvalue weighted by molar-refractivity contribution is 5.93. The highest BCUT2D eigenvalue weighted by Crippen LogP contribution is 2.23. The van der Waals surface area contributed by atoms with Gasteiger partial charge in [-0.2, -0.15) is 0 Å². The van der Waals surface area contributed by atoms with E-state index in [0.717, 1.165) is 24.2 Å². The van der Waals surface area contributed by atoms with Crippen LogP contribution in [0.2, 0.25) is 0 Å². The van der Waals surface area contributed by atoms with Crippen molar-refractivity contribution in [1.82, 2.24) is 5.32 Å². The number of benzene rings is 1. The number of anilines is 2. The Balaban J connectivity index is 1.94. The minimum absolute atomic E-state index is 0.0915. The Kier molecular flexibility index (Phi) is 5.27. The van der Waals surface area contributed by atoms with Gasteiger partial charge in [0.05, 0.1) is 11.4 Å². The van der Waals surface area contributed by atoms with Gasteiger partial charge in [0.25, 0.3) is 0 Å². The number of hydrogen-bond donors (Lipinski definition) is 2. The van der Waals surface area contributed by atoms with Crippen molar-refractivity contribution in [3.63, 3.8) is 0 Å². The molecular formula is C16H25N3O. The van der Waals surface area contributed by atoms with Crippen LogP contribution in [-0.4, -0.2) is 26.2 Å². The lowest BCUT2D eigenvalue weighted by atomic mass is 10.1. The summed E-state index contributed by atoms with van der Waals surface area (Å²) in [6, 6.07) is 8.08. The van der Waals surface area contributed by atoms with Gasteiger partial charge in [0.1, 0.15) is 0 Å². The van der Waals surface area contributed by atoms with E-state index in [1.165, 1.54) is 25.7 Å². The zero-order chi connectivity index (χ0) is 14.4. The molecule has 0 spiro atoms. The summed E-state index contributed by atoms with van der Waals surface area (Å²) in [6.07, 6.45) is 7.23. The summed E-state index contributed by atoms with van der Waals surface area (Å²) in [4.78, 5) is 14.1. The average molecular weight is 275 g/mol. The summed E-state index contributed by atoms with van der Waals surface area (Å²) in [5.41, 5.74) is 1.87. The van der Waals surface area contributed by atoms with Gasteiger partial charge in [-0.15, -0.1) is 0 Å². The third kappa shape index (κ3) is 4.15. The minimum Gasteiger partial charge on any atom is -0.376 e. The molecule has 4 heteroatoms. The second-order valence-corrected chi connectivity index (χ2v) is 5.70. The van der Waals surface area contributed by atoms with Gasteiger partial charge in [0.2, 0.25) is 0 Å². The number of nitrogens with zero attached hydrogens (tertiary/aromatic N) is 1. The molecule has 1 saturated carbocycles. The van der Waals surface area contributed by atoms with Crippen molar-refractivity contribution < 1.29 is 4.79 Å². The molecule has 2 amide bonds. The Hall–Kier alpha value is -1.71. The van der Waals surface area contributed by atoms with Crippen molar-refractivity contribution in [2.24, 2.45) is 0 Å². The monoisotopic (exact) mass is 275 g/mol. The average Bonchev–Trinajstić information content (AvgIpc) is 2.67. The molecular weight excluding hydrogens is 250 g/mol. The maximum Gasteiger partial charge on any atom is 0.319 e. The molecule has 1 aromatic rings. The Bertz CT molecular complexity index is 437. The Labute approximate surface area is 121 Å². The van der Waals surface area contributed by atoms with Crippen molar-refractivity contribution in [3.8, 4) is 0 Å². The van der Waals surface area contributed by atoms with E-state index in [1.807, 2.05) is 43.3 Å². The van der Waals surface area contributed by atoms with Gasteiger partial charge in [-0.3, -0.25) is 0 Å². The molecule has 0 aromatic heterocycles. The van der Waals surface area contributed by atoms with E-state index >= 15 is 0 Å². The highest BCUT2D eigenvalue weighted by Gasteiger charge is 2.15. The van der Waals surface area contributed by atoms with E-state index in [0.29, 0.717) is 6.04 Å². The van der Waals surface area contributed by atoms with E-state index in [2.05, 4.69) is 10.6 Å². The summed E-state index contributed by atoms with van der Waals surface area (Å²) in [5.74, 6) is 0. The molecule has 2 N–H and O–H groups in total. The molecule has 110 valence electrons. The summed E-state index contributed by atoms with van der Waals surface area (Å²) >= 11 is 0. The molecule has 0 saturated heterocycles. The molecule has 1 aromatic carbocycles. The Morgan fingerprint density at radius 2 is 1.75 bits per heavy atom. The van der Waals surface area contributed by atoms with Crippen LogP contribution in [0.25, 0.3) is 0 Å². The smallest absolute Gasteiger partial charge is 0.319 e. The third-order valence-corrected chi connectivity index (χ3v) is 3.82. The zero-order valence-corrected chi connectivity index (χ0v) is 12.5. The van der Waals surface area contributed by atoms with Crippen LogP contribution in [0.5, 0.6) is 0 Å².